The van der Waals surface area contributed by atoms with Crippen molar-refractivity contribution < 1.29 is 21.3 Å². The van der Waals surface area contributed by atoms with E-state index in [0.717, 1.165) is 10.7 Å². The molecule has 0 amide bonds. The molecule has 0 unspecified atom stereocenters. The van der Waals surface area contributed by atoms with Crippen LogP contribution in [0, 0.1) is 0 Å². The highest BCUT2D eigenvalue weighted by atomic mass is 32.2. The number of nitrogens with zero attached hydrogens (tertiary/aromatic N) is 2. The predicted molar refractivity (Wildman–Crippen MR) is 98.8 cm³/mol. The van der Waals surface area contributed by atoms with Crippen LogP contribution in [0.4, 0.5) is 5.69 Å². The molecule has 1 aliphatic rings. The van der Waals surface area contributed by atoms with Crippen molar-refractivity contribution in [1.29, 1.82) is 0 Å². The zero-order valence-corrected chi connectivity index (χ0v) is 15.9. The number of sulfonamides is 2. The molecule has 2 aromatic rings. The summed E-state index contributed by atoms with van der Waals surface area (Å²) in [5, 5.41) is 4.30. The van der Waals surface area contributed by atoms with Gasteiger partial charge in [-0.05, 0) is 36.8 Å². The summed E-state index contributed by atoms with van der Waals surface area (Å²) in [4.78, 5) is 0. The van der Waals surface area contributed by atoms with Crippen LogP contribution in [0.3, 0.4) is 0 Å². The van der Waals surface area contributed by atoms with Gasteiger partial charge >= 0.3 is 0 Å². The average molecular weight is 397 g/mol. The maximum Gasteiger partial charge on any atom is 0.250 e. The maximum atomic E-state index is 12.4. The molecule has 1 atom stereocenters. The van der Waals surface area contributed by atoms with Crippen molar-refractivity contribution >= 4 is 31.4 Å². The van der Waals surface area contributed by atoms with E-state index >= 15 is 0 Å². The van der Waals surface area contributed by atoms with Gasteiger partial charge in [-0.3, -0.25) is 4.72 Å². The van der Waals surface area contributed by atoms with Gasteiger partial charge in [0.05, 0.1) is 24.0 Å². The van der Waals surface area contributed by atoms with Crippen LogP contribution in [0.15, 0.2) is 52.2 Å². The monoisotopic (exact) mass is 397 g/mol. The average Bonchev–Trinajstić information content (AvgIpc) is 3.23. The number of furan rings is 1. The first-order valence-electron chi connectivity index (χ1n) is 7.91. The number of anilines is 1. The molecule has 10 heteroatoms. The van der Waals surface area contributed by atoms with E-state index < -0.39 is 26.1 Å². The van der Waals surface area contributed by atoms with Crippen LogP contribution >= 0.6 is 0 Å². The molecule has 140 valence electrons. The summed E-state index contributed by atoms with van der Waals surface area (Å²) in [6.07, 6.45) is 2.88. The lowest BCUT2D eigenvalue weighted by Crippen LogP contribution is -2.28. The molecule has 1 aromatic heterocycles. The first kappa shape index (κ1) is 18.5. The molecular weight excluding hydrogens is 378 g/mol. The standard InChI is InChI=1S/C16H19N3O5S2/c1-3-26(22,23)19-15(16-8-5-9-24-16)11-14(17-19)12-6-4-7-13(10-12)18-25(2,20)21/h4-10,15,18H,3,11H2,1-2H3/t15-/m0/s1. The Morgan fingerprint density at radius 2 is 2.00 bits per heavy atom. The van der Waals surface area contributed by atoms with Crippen LogP contribution in [-0.4, -0.2) is 39.0 Å². The quantitative estimate of drug-likeness (QED) is 0.803. The molecule has 0 aliphatic carbocycles. The maximum absolute atomic E-state index is 12.4. The van der Waals surface area contributed by atoms with Gasteiger partial charge in [0.25, 0.3) is 0 Å². The summed E-state index contributed by atoms with van der Waals surface area (Å²) in [6.45, 7) is 1.55. The molecule has 1 aliphatic heterocycles. The summed E-state index contributed by atoms with van der Waals surface area (Å²) >= 11 is 0. The molecule has 3 rings (SSSR count). The van der Waals surface area contributed by atoms with E-state index in [0.29, 0.717) is 29.1 Å². The van der Waals surface area contributed by atoms with E-state index in [2.05, 4.69) is 9.82 Å². The summed E-state index contributed by atoms with van der Waals surface area (Å²) in [5.41, 5.74) is 1.57. The highest BCUT2D eigenvalue weighted by Crippen LogP contribution is 2.35. The Morgan fingerprint density at radius 3 is 2.62 bits per heavy atom. The molecule has 26 heavy (non-hydrogen) atoms. The van der Waals surface area contributed by atoms with E-state index in [1.807, 2.05) is 0 Å². The molecule has 8 nitrogen and oxygen atoms in total. The van der Waals surface area contributed by atoms with Gasteiger partial charge in [-0.2, -0.15) is 9.52 Å². The van der Waals surface area contributed by atoms with Crippen molar-refractivity contribution in [2.45, 2.75) is 19.4 Å². The van der Waals surface area contributed by atoms with Crippen LogP contribution in [0.25, 0.3) is 0 Å². The number of nitrogens with one attached hydrogen (secondary N) is 1. The van der Waals surface area contributed by atoms with Crippen LogP contribution < -0.4 is 4.72 Å². The molecule has 0 fully saturated rings. The van der Waals surface area contributed by atoms with Gasteiger partial charge in [0, 0.05) is 12.1 Å². The fourth-order valence-electron chi connectivity index (χ4n) is 2.72. The molecule has 0 bridgehead atoms. The van der Waals surface area contributed by atoms with Crippen molar-refractivity contribution in [2.75, 3.05) is 16.7 Å². The van der Waals surface area contributed by atoms with Gasteiger partial charge < -0.3 is 4.42 Å². The normalized spacial score (nSPS) is 18.0. The van der Waals surface area contributed by atoms with Crippen LogP contribution in [-0.2, 0) is 20.0 Å². The molecule has 0 saturated heterocycles. The second-order valence-electron chi connectivity index (χ2n) is 5.91. The van der Waals surface area contributed by atoms with Crippen molar-refractivity contribution in [3.05, 3.63) is 54.0 Å². The third-order valence-electron chi connectivity index (χ3n) is 3.89. The van der Waals surface area contributed by atoms with Crippen molar-refractivity contribution in [3.63, 3.8) is 0 Å². The molecule has 0 radical (unpaired) electrons. The predicted octanol–water partition coefficient (Wildman–Crippen LogP) is 2.15. The van der Waals surface area contributed by atoms with E-state index in [-0.39, 0.29) is 5.75 Å². The highest BCUT2D eigenvalue weighted by Gasteiger charge is 2.37. The minimum absolute atomic E-state index is 0.0866. The van der Waals surface area contributed by atoms with E-state index in [1.54, 1.807) is 43.3 Å². The Labute approximate surface area is 152 Å². The summed E-state index contributed by atoms with van der Waals surface area (Å²) in [7, 11) is -6.99. The minimum atomic E-state index is -3.58. The summed E-state index contributed by atoms with van der Waals surface area (Å²) in [6, 6.07) is 9.53. The largest absolute Gasteiger partial charge is 0.467 e. The van der Waals surface area contributed by atoms with E-state index in [4.69, 9.17) is 4.42 Å². The first-order chi connectivity index (χ1) is 12.2. The van der Waals surface area contributed by atoms with Crippen LogP contribution in [0.2, 0.25) is 0 Å². The number of hydrogen-bond donors (Lipinski definition) is 1. The SMILES string of the molecule is CCS(=O)(=O)N1N=C(c2cccc(NS(C)(=O)=O)c2)C[C@H]1c1ccco1. The molecule has 0 spiro atoms. The topological polar surface area (TPSA) is 109 Å². The van der Waals surface area contributed by atoms with Gasteiger partial charge in [-0.1, -0.05) is 12.1 Å². The van der Waals surface area contributed by atoms with E-state index in [1.165, 1.54) is 6.26 Å². The third-order valence-corrected chi connectivity index (χ3v) is 6.14. The van der Waals surface area contributed by atoms with Gasteiger partial charge in [0.1, 0.15) is 11.8 Å². The lowest BCUT2D eigenvalue weighted by atomic mass is 10.0. The highest BCUT2D eigenvalue weighted by molar-refractivity contribution is 7.92. The Morgan fingerprint density at radius 1 is 1.23 bits per heavy atom. The Balaban J connectivity index is 1.98. The smallest absolute Gasteiger partial charge is 0.250 e. The second kappa shape index (κ2) is 6.76. The van der Waals surface area contributed by atoms with Gasteiger partial charge in [0.15, 0.2) is 0 Å². The fraction of sp³-hybridized carbons (Fsp3) is 0.312. The van der Waals surface area contributed by atoms with Crippen LogP contribution in [0.1, 0.15) is 30.7 Å². The third kappa shape index (κ3) is 3.91. The summed E-state index contributed by atoms with van der Waals surface area (Å²) < 4.78 is 56.6. The van der Waals surface area contributed by atoms with Gasteiger partial charge in [0.2, 0.25) is 20.0 Å². The first-order valence-corrected chi connectivity index (χ1v) is 11.4. The molecule has 0 saturated carbocycles. The lowest BCUT2D eigenvalue weighted by Gasteiger charge is -2.20. The van der Waals surface area contributed by atoms with Crippen molar-refractivity contribution in [1.82, 2.24) is 4.41 Å². The molecule has 1 N–H and O–H groups in total. The van der Waals surface area contributed by atoms with Gasteiger partial charge in [-0.25, -0.2) is 16.8 Å². The zero-order valence-electron chi connectivity index (χ0n) is 14.3. The van der Waals surface area contributed by atoms with Crippen molar-refractivity contribution in [3.8, 4) is 0 Å². The zero-order chi connectivity index (χ0) is 18.9. The lowest BCUT2D eigenvalue weighted by molar-refractivity contribution is 0.320. The van der Waals surface area contributed by atoms with E-state index in [9.17, 15) is 16.8 Å². The fourth-order valence-corrected chi connectivity index (χ4v) is 4.33. The molecule has 1 aromatic carbocycles. The Bertz CT molecular complexity index is 1030. The number of rotatable bonds is 6. The number of benzene rings is 1. The minimum Gasteiger partial charge on any atom is -0.467 e. The molecule has 2 heterocycles. The number of hydrogen-bond acceptors (Lipinski definition) is 6. The number of hydrazone groups is 1. The van der Waals surface area contributed by atoms with Gasteiger partial charge in [-0.15, -0.1) is 0 Å². The Kier molecular flexibility index (Phi) is 4.80. The van der Waals surface area contributed by atoms with Crippen molar-refractivity contribution in [2.24, 2.45) is 5.10 Å². The summed E-state index contributed by atoms with van der Waals surface area (Å²) in [5.74, 6) is 0.419. The Hall–Kier alpha value is -2.33. The molecular formula is C16H19N3O5S2. The second-order valence-corrected chi connectivity index (χ2v) is 9.77. The van der Waals surface area contributed by atoms with Crippen LogP contribution in [0.5, 0.6) is 0 Å².